The maximum absolute atomic E-state index is 4.70. The molecule has 0 aliphatic carbocycles. The van der Waals surface area contributed by atoms with Crippen molar-refractivity contribution < 1.29 is 20.1 Å². The Morgan fingerprint density at radius 3 is 1.58 bits per heavy atom. The molecule has 10 aromatic rings. The molecule has 4 heteroatoms. The molecule has 0 N–H and O–H groups in total. The van der Waals surface area contributed by atoms with Crippen molar-refractivity contribution in [3.8, 4) is 22.5 Å². The van der Waals surface area contributed by atoms with Crippen LogP contribution in [0.5, 0.6) is 0 Å². The molecule has 0 amide bonds. The molecular formula is C46H30IrN2S-2. The van der Waals surface area contributed by atoms with Gasteiger partial charge in [0.05, 0.1) is 0 Å². The molecule has 0 unspecified atom stereocenters. The van der Waals surface area contributed by atoms with Gasteiger partial charge in [0.15, 0.2) is 0 Å². The Morgan fingerprint density at radius 2 is 0.960 bits per heavy atom. The summed E-state index contributed by atoms with van der Waals surface area (Å²) in [5, 5.41) is 12.5. The van der Waals surface area contributed by atoms with Crippen molar-refractivity contribution in [3.63, 3.8) is 0 Å². The third kappa shape index (κ3) is 5.76. The minimum absolute atomic E-state index is 0. The summed E-state index contributed by atoms with van der Waals surface area (Å²) in [7, 11) is 0. The maximum atomic E-state index is 4.70. The number of hydrogen-bond donors (Lipinski definition) is 0. The predicted octanol–water partition coefficient (Wildman–Crippen LogP) is 12.7. The first kappa shape index (κ1) is 32.0. The number of benzene rings is 7. The Hall–Kier alpha value is -5.25. The van der Waals surface area contributed by atoms with Gasteiger partial charge in [-0.2, -0.15) is 11.3 Å². The van der Waals surface area contributed by atoms with E-state index in [0.717, 1.165) is 27.9 Å². The van der Waals surface area contributed by atoms with E-state index in [9.17, 15) is 0 Å². The van der Waals surface area contributed by atoms with Crippen LogP contribution in [0.3, 0.4) is 0 Å². The van der Waals surface area contributed by atoms with Gasteiger partial charge in [-0.15, -0.1) is 58.7 Å². The molecule has 50 heavy (non-hydrogen) atoms. The number of nitrogens with zero attached hydrogens (tertiary/aromatic N) is 2. The summed E-state index contributed by atoms with van der Waals surface area (Å²) < 4.78 is 2.58. The van der Waals surface area contributed by atoms with Crippen LogP contribution in [0.4, 0.5) is 0 Å². The van der Waals surface area contributed by atoms with Gasteiger partial charge in [0, 0.05) is 37.2 Å². The molecule has 10 rings (SSSR count). The van der Waals surface area contributed by atoms with E-state index >= 15 is 0 Å². The van der Waals surface area contributed by atoms with Crippen LogP contribution < -0.4 is 0 Å². The molecule has 0 fully saturated rings. The van der Waals surface area contributed by atoms with Crippen molar-refractivity contribution >= 4 is 74.6 Å². The van der Waals surface area contributed by atoms with Gasteiger partial charge in [-0.3, -0.25) is 0 Å². The van der Waals surface area contributed by atoms with Gasteiger partial charge < -0.3 is 9.97 Å². The summed E-state index contributed by atoms with van der Waals surface area (Å²) >= 11 is 1.84. The first-order valence-corrected chi connectivity index (χ1v) is 17.3. The maximum Gasteiger partial charge on any atom is 0.0246 e. The number of pyridine rings is 2. The number of aromatic nitrogens is 2. The molecule has 1 radical (unpaired) electrons. The van der Waals surface area contributed by atoms with Gasteiger partial charge in [-0.25, -0.2) is 0 Å². The molecule has 0 spiro atoms. The van der Waals surface area contributed by atoms with Crippen molar-refractivity contribution in [2.24, 2.45) is 0 Å². The van der Waals surface area contributed by atoms with Crippen LogP contribution in [-0.2, 0) is 20.1 Å². The van der Waals surface area contributed by atoms with Gasteiger partial charge in [-0.05, 0) is 101 Å². The second-order valence-electron chi connectivity index (χ2n) is 12.6. The van der Waals surface area contributed by atoms with Crippen molar-refractivity contribution in [2.45, 2.75) is 13.8 Å². The van der Waals surface area contributed by atoms with Crippen molar-refractivity contribution in [1.82, 2.24) is 9.97 Å². The topological polar surface area (TPSA) is 25.8 Å². The number of aryl methyl sites for hydroxylation is 2. The summed E-state index contributed by atoms with van der Waals surface area (Å²) in [6.45, 7) is 4.23. The SMILES string of the molecule is Cc1c[c-]c(-c2nccc3ccccc23)cc1C.[Ir].[c-]1cc2sc3cc4cc5ccccc5cc4cc3c2cc1-c1nccc2ccccc12. The molecule has 2 nitrogen and oxygen atoms in total. The van der Waals surface area contributed by atoms with Crippen molar-refractivity contribution in [1.29, 1.82) is 0 Å². The van der Waals surface area contributed by atoms with E-state index in [2.05, 4.69) is 152 Å². The quantitative estimate of drug-likeness (QED) is 0.128. The Labute approximate surface area is 308 Å². The fourth-order valence-corrected chi connectivity index (χ4v) is 7.87. The van der Waals surface area contributed by atoms with Gasteiger partial charge in [0.25, 0.3) is 0 Å². The molecule has 0 aliphatic heterocycles. The van der Waals surface area contributed by atoms with Crippen molar-refractivity contribution in [3.05, 3.63) is 169 Å². The zero-order valence-electron chi connectivity index (χ0n) is 27.5. The van der Waals surface area contributed by atoms with E-state index in [4.69, 9.17) is 4.98 Å². The normalized spacial score (nSPS) is 11.2. The Kier molecular flexibility index (Phi) is 8.46. The van der Waals surface area contributed by atoms with Gasteiger partial charge in [0.2, 0.25) is 0 Å². The van der Waals surface area contributed by atoms with E-state index in [0.29, 0.717) is 0 Å². The minimum Gasteiger partial charge on any atom is -0.304 e. The number of thiophene rings is 1. The molecule has 7 aromatic carbocycles. The molecule has 0 atom stereocenters. The van der Waals surface area contributed by atoms with E-state index in [1.807, 2.05) is 35.9 Å². The summed E-state index contributed by atoms with van der Waals surface area (Å²) in [4.78, 5) is 9.22. The minimum atomic E-state index is 0. The van der Waals surface area contributed by atoms with Crippen LogP contribution >= 0.6 is 11.3 Å². The predicted molar refractivity (Wildman–Crippen MR) is 209 cm³/mol. The van der Waals surface area contributed by atoms with Crippen LogP contribution in [0.15, 0.2) is 146 Å². The molecule has 0 saturated heterocycles. The average Bonchev–Trinajstić information content (AvgIpc) is 3.50. The zero-order chi connectivity index (χ0) is 32.9. The number of rotatable bonds is 2. The summed E-state index contributed by atoms with van der Waals surface area (Å²) in [5.41, 5.74) is 6.65. The van der Waals surface area contributed by atoms with Crippen LogP contribution in [-0.4, -0.2) is 9.97 Å². The second-order valence-corrected chi connectivity index (χ2v) is 13.7. The van der Waals surface area contributed by atoms with Crippen LogP contribution in [0.1, 0.15) is 11.1 Å². The molecule has 0 bridgehead atoms. The molecular weight excluding hydrogens is 805 g/mol. The van der Waals surface area contributed by atoms with Gasteiger partial charge in [-0.1, -0.05) is 92.0 Å². The van der Waals surface area contributed by atoms with Crippen molar-refractivity contribution in [2.75, 3.05) is 0 Å². The zero-order valence-corrected chi connectivity index (χ0v) is 30.7. The molecule has 3 aromatic heterocycles. The largest absolute Gasteiger partial charge is 0.304 e. The van der Waals surface area contributed by atoms with Crippen LogP contribution in [0.25, 0.3) is 85.8 Å². The first-order valence-electron chi connectivity index (χ1n) is 16.5. The van der Waals surface area contributed by atoms with Gasteiger partial charge >= 0.3 is 0 Å². The Bertz CT molecular complexity index is 2860. The van der Waals surface area contributed by atoms with E-state index in [-0.39, 0.29) is 20.1 Å². The standard InChI is InChI=1S/C29H16NS.C17H14N.Ir/c1-2-7-20-14-23-17-28-26(16-22(23)13-19(20)6-1)25-15-21(9-10-27(25)31-28)29-24-8-4-3-5-18(24)11-12-30-29;1-12-7-8-15(11-13(12)2)17-16-6-4-3-5-14(16)9-10-18-17;/h1-8,10-17H;3-7,9-11H,1-2H3;/q2*-1;. The van der Waals surface area contributed by atoms with Crippen LogP contribution in [0, 0.1) is 26.0 Å². The summed E-state index contributed by atoms with van der Waals surface area (Å²) in [6, 6.07) is 54.1. The summed E-state index contributed by atoms with van der Waals surface area (Å²) in [6.07, 6.45) is 3.75. The molecule has 241 valence electrons. The molecule has 0 saturated carbocycles. The average molecular weight is 835 g/mol. The van der Waals surface area contributed by atoms with Gasteiger partial charge in [0.1, 0.15) is 0 Å². The summed E-state index contributed by atoms with van der Waals surface area (Å²) in [5.74, 6) is 0. The number of hydrogen-bond acceptors (Lipinski definition) is 3. The third-order valence-corrected chi connectivity index (χ3v) is 10.6. The van der Waals surface area contributed by atoms with E-state index in [1.54, 1.807) is 0 Å². The molecule has 3 heterocycles. The number of fused-ring (bicyclic) bond motifs is 7. The van der Waals surface area contributed by atoms with E-state index in [1.165, 1.54) is 69.0 Å². The monoisotopic (exact) mass is 835 g/mol. The van der Waals surface area contributed by atoms with E-state index < -0.39 is 0 Å². The first-order chi connectivity index (χ1) is 24.1. The fraction of sp³-hybridized carbons (Fsp3) is 0.0435. The molecule has 0 aliphatic rings. The Morgan fingerprint density at radius 1 is 0.440 bits per heavy atom. The Balaban J connectivity index is 0.000000163. The smallest absolute Gasteiger partial charge is 0.0246 e. The second kappa shape index (κ2) is 13.2. The van der Waals surface area contributed by atoms with Crippen LogP contribution in [0.2, 0.25) is 0 Å². The third-order valence-electron chi connectivity index (χ3n) is 9.51. The fourth-order valence-electron chi connectivity index (χ4n) is 6.77.